The van der Waals surface area contributed by atoms with Crippen molar-refractivity contribution in [3.05, 3.63) is 284 Å². The zero-order valence-corrected chi connectivity index (χ0v) is 37.1. The molecule has 2 N–H and O–H groups in total. The molecule has 0 radical (unpaired) electrons. The van der Waals surface area contributed by atoms with Gasteiger partial charge in [0.2, 0.25) is 0 Å². The number of hydrogen-bond acceptors (Lipinski definition) is 1. The van der Waals surface area contributed by atoms with E-state index < -0.39 is 0 Å². The number of aromatic nitrogens is 1. The molecule has 2 heteroatoms. The van der Waals surface area contributed by atoms with Crippen LogP contribution in [-0.2, 0) is 0 Å². The minimum atomic E-state index is 0.0541. The Morgan fingerprint density at radius 2 is 0.848 bits per heavy atom. The Balaban J connectivity index is 0.994. The first-order chi connectivity index (χ1) is 32.5. The van der Waals surface area contributed by atoms with Gasteiger partial charge in [-0.15, -0.1) is 0 Å². The molecule has 10 rings (SSSR count). The van der Waals surface area contributed by atoms with Crippen molar-refractivity contribution in [1.82, 2.24) is 4.57 Å². The number of nitrogens with two attached hydrogens (primary N) is 1. The molecule has 66 heavy (non-hydrogen) atoms. The van der Waals surface area contributed by atoms with Gasteiger partial charge in [0, 0.05) is 28.1 Å². The van der Waals surface area contributed by atoms with Crippen LogP contribution in [0.25, 0.3) is 83.3 Å². The Morgan fingerprint density at radius 1 is 0.455 bits per heavy atom. The molecule has 0 saturated heterocycles. The summed E-state index contributed by atoms with van der Waals surface area (Å²) in [6, 6.07) is 80.7. The molecule has 0 unspecified atom stereocenters. The predicted molar refractivity (Wildman–Crippen MR) is 282 cm³/mol. The van der Waals surface area contributed by atoms with Crippen LogP contribution in [0, 0.1) is 0 Å². The second kappa shape index (κ2) is 18.7. The molecule has 2 nitrogen and oxygen atoms in total. The van der Waals surface area contributed by atoms with Gasteiger partial charge in [-0.25, -0.2) is 0 Å². The molecule has 1 aromatic heterocycles. The third-order valence-electron chi connectivity index (χ3n) is 12.7. The Morgan fingerprint density at radius 3 is 1.32 bits per heavy atom. The van der Waals surface area contributed by atoms with Gasteiger partial charge >= 0.3 is 0 Å². The number of nitrogens with zero attached hydrogens (tertiary/aromatic N) is 1. The van der Waals surface area contributed by atoms with Crippen molar-refractivity contribution in [3.63, 3.8) is 0 Å². The van der Waals surface area contributed by atoms with Crippen molar-refractivity contribution >= 4 is 33.1 Å². The van der Waals surface area contributed by atoms with Crippen LogP contribution in [-0.4, -0.2) is 4.57 Å². The summed E-state index contributed by atoms with van der Waals surface area (Å²) in [6.07, 6.45) is 10.3. The lowest BCUT2D eigenvalue weighted by Crippen LogP contribution is -2.03. The van der Waals surface area contributed by atoms with Crippen LogP contribution in [0.4, 0.5) is 0 Å². The van der Waals surface area contributed by atoms with Crippen LogP contribution in [0.2, 0.25) is 0 Å². The largest absolute Gasteiger partial charge is 0.398 e. The van der Waals surface area contributed by atoms with Gasteiger partial charge in [0.05, 0.1) is 11.0 Å². The highest BCUT2D eigenvalue weighted by molar-refractivity contribution is 6.11. The lowest BCUT2D eigenvalue weighted by molar-refractivity contribution is 1.02. The highest BCUT2D eigenvalue weighted by Crippen LogP contribution is 2.39. The number of benzene rings is 9. The van der Waals surface area contributed by atoms with Crippen molar-refractivity contribution in [1.29, 1.82) is 0 Å². The highest BCUT2D eigenvalue weighted by atomic mass is 15.0. The van der Waals surface area contributed by atoms with Crippen molar-refractivity contribution in [3.8, 4) is 50.2 Å². The summed E-state index contributed by atoms with van der Waals surface area (Å²) in [4.78, 5) is 0. The Hall–Kier alpha value is -8.46. The lowest BCUT2D eigenvalue weighted by Gasteiger charge is -2.16. The predicted octanol–water partition coefficient (Wildman–Crippen LogP) is 16.7. The fourth-order valence-corrected chi connectivity index (χ4v) is 9.12. The summed E-state index contributed by atoms with van der Waals surface area (Å²) in [7, 11) is 0. The molecular formula is C64H50N2. The molecule has 9 aromatic carbocycles. The smallest absolute Gasteiger partial charge is 0.0541 e. The minimum Gasteiger partial charge on any atom is -0.398 e. The quantitative estimate of drug-likeness (QED) is 0.122. The molecular weight excluding hydrogens is 797 g/mol. The van der Waals surface area contributed by atoms with E-state index in [4.69, 9.17) is 5.73 Å². The first-order valence-corrected chi connectivity index (χ1v) is 22.6. The van der Waals surface area contributed by atoms with Crippen molar-refractivity contribution in [2.45, 2.75) is 12.8 Å². The standard InChI is InChI=1S/C64H50N2/c1-3-5-15-45(4-2)47-22-26-51(27-23-47)56-36-40-63-60(42-56)61-43-57(52-28-24-48(25-29-52)46-16-9-6-10-17-46)37-41-64(61)66(63)58-38-34-50(35-39-58)49-30-32-55(33-31-49)62(65)44-59(53-18-11-7-12-19-53)54-20-13-8-14-21-54/h3-44,59H,2,65H2,1H3/b5-3-,45-15+,62-44-. The molecule has 0 amide bonds. The fraction of sp³-hybridized carbons (Fsp3) is 0.0312. The Labute approximate surface area is 388 Å². The maximum atomic E-state index is 6.82. The second-order valence-electron chi connectivity index (χ2n) is 16.7. The molecule has 0 spiro atoms. The number of hydrogen-bond donors (Lipinski definition) is 1. The second-order valence-corrected chi connectivity index (χ2v) is 16.7. The Bertz CT molecular complexity index is 3330. The SMILES string of the molecule is C=C/C(=C\C=C/C)c1ccc(-c2ccc3c(c2)c2cc(-c4ccc(-c5ccccc5)cc4)ccc2n3-c2ccc(-c3ccc(/C(N)=C/C(c4ccccc4)c4ccccc4)cc3)cc2)cc1. The van der Waals surface area contributed by atoms with Gasteiger partial charge < -0.3 is 10.3 Å². The van der Waals surface area contributed by atoms with Crippen LogP contribution in [0.15, 0.2) is 261 Å². The van der Waals surface area contributed by atoms with E-state index in [9.17, 15) is 0 Å². The lowest BCUT2D eigenvalue weighted by atomic mass is 9.89. The number of rotatable bonds is 12. The van der Waals surface area contributed by atoms with E-state index in [1.165, 1.54) is 55.3 Å². The normalized spacial score (nSPS) is 12.1. The van der Waals surface area contributed by atoms with E-state index in [1.54, 1.807) is 0 Å². The summed E-state index contributed by atoms with van der Waals surface area (Å²) in [5, 5.41) is 2.42. The minimum absolute atomic E-state index is 0.0541. The average molecular weight is 847 g/mol. The highest BCUT2D eigenvalue weighted by Gasteiger charge is 2.17. The van der Waals surface area contributed by atoms with Gasteiger partial charge in [-0.05, 0) is 122 Å². The van der Waals surface area contributed by atoms with Crippen LogP contribution in [0.5, 0.6) is 0 Å². The summed E-state index contributed by atoms with van der Waals surface area (Å²) in [6.45, 7) is 6.08. The van der Waals surface area contributed by atoms with Crippen molar-refractivity contribution < 1.29 is 0 Å². The van der Waals surface area contributed by atoms with Gasteiger partial charge in [-0.1, -0.05) is 219 Å². The molecule has 0 saturated carbocycles. The molecule has 10 aromatic rings. The Kier molecular flexibility index (Phi) is 11.8. The van der Waals surface area contributed by atoms with Crippen molar-refractivity contribution in [2.75, 3.05) is 0 Å². The van der Waals surface area contributed by atoms with Gasteiger partial charge in [-0.2, -0.15) is 0 Å². The molecule has 0 atom stereocenters. The van der Waals surface area contributed by atoms with Gasteiger partial charge in [0.1, 0.15) is 0 Å². The van der Waals surface area contributed by atoms with Crippen LogP contribution >= 0.6 is 0 Å². The van der Waals surface area contributed by atoms with Crippen LogP contribution < -0.4 is 5.73 Å². The fourth-order valence-electron chi connectivity index (χ4n) is 9.12. The van der Waals surface area contributed by atoms with Gasteiger partial charge in [-0.3, -0.25) is 0 Å². The van der Waals surface area contributed by atoms with E-state index in [0.717, 1.165) is 50.2 Å². The number of allylic oxidation sites excluding steroid dienone is 6. The molecule has 0 bridgehead atoms. The van der Waals surface area contributed by atoms with Gasteiger partial charge in [0.15, 0.2) is 0 Å². The topological polar surface area (TPSA) is 30.9 Å². The van der Waals surface area contributed by atoms with E-state index >= 15 is 0 Å². The molecule has 1 heterocycles. The first-order valence-electron chi connectivity index (χ1n) is 22.6. The van der Waals surface area contributed by atoms with E-state index in [2.05, 4.69) is 254 Å². The summed E-state index contributed by atoms with van der Waals surface area (Å²) < 4.78 is 2.40. The molecule has 0 aliphatic rings. The maximum absolute atomic E-state index is 6.82. The average Bonchev–Trinajstić information content (AvgIpc) is 3.72. The summed E-state index contributed by atoms with van der Waals surface area (Å²) >= 11 is 0. The molecule has 0 fully saturated rings. The third-order valence-corrected chi connectivity index (χ3v) is 12.7. The van der Waals surface area contributed by atoms with Crippen LogP contribution in [0.3, 0.4) is 0 Å². The number of fused-ring (bicyclic) bond motifs is 3. The zero-order valence-electron chi connectivity index (χ0n) is 37.1. The monoisotopic (exact) mass is 846 g/mol. The first kappa shape index (κ1) is 41.5. The van der Waals surface area contributed by atoms with Crippen molar-refractivity contribution in [2.24, 2.45) is 5.73 Å². The maximum Gasteiger partial charge on any atom is 0.0541 e. The van der Waals surface area contributed by atoms with E-state index in [-0.39, 0.29) is 5.92 Å². The summed E-state index contributed by atoms with van der Waals surface area (Å²) in [5.74, 6) is 0.0541. The molecule has 0 aliphatic carbocycles. The van der Waals surface area contributed by atoms with E-state index in [1.807, 2.05) is 19.1 Å². The van der Waals surface area contributed by atoms with Crippen LogP contribution in [0.1, 0.15) is 35.1 Å². The van der Waals surface area contributed by atoms with Gasteiger partial charge in [0.25, 0.3) is 0 Å². The van der Waals surface area contributed by atoms with E-state index in [0.29, 0.717) is 0 Å². The third kappa shape index (κ3) is 8.48. The summed E-state index contributed by atoms with van der Waals surface area (Å²) in [5.41, 5.74) is 26.1. The molecule has 0 aliphatic heterocycles. The molecule has 316 valence electrons. The zero-order chi connectivity index (χ0) is 44.8.